The van der Waals surface area contributed by atoms with Gasteiger partial charge in [0.05, 0.1) is 10.6 Å². The van der Waals surface area contributed by atoms with Gasteiger partial charge < -0.3 is 0 Å². The molecular weight excluding hydrogens is 304 g/mol. The number of hydrogen-bond donors (Lipinski definition) is 0. The quantitative estimate of drug-likeness (QED) is 0.623. The molecule has 0 aliphatic rings. The van der Waals surface area contributed by atoms with Crippen LogP contribution in [0.2, 0.25) is 0 Å². The van der Waals surface area contributed by atoms with Gasteiger partial charge in [0, 0.05) is 21.2 Å². The molecule has 0 spiro atoms. The van der Waals surface area contributed by atoms with Gasteiger partial charge in [0.1, 0.15) is 0 Å². The van der Waals surface area contributed by atoms with Crippen LogP contribution in [0.15, 0.2) is 27.4 Å². The maximum absolute atomic E-state index is 10.0. The third-order valence-electron chi connectivity index (χ3n) is 1.19. The molecule has 1 rings (SSSR count). The van der Waals surface area contributed by atoms with Crippen LogP contribution in [-0.2, 0) is 0 Å². The van der Waals surface area contributed by atoms with E-state index in [9.17, 15) is 10.1 Å². The molecule has 0 N–H and O–H groups in total. The molecule has 0 atom stereocenters. The topological polar surface area (TPSA) is 56.0 Å². The Morgan fingerprint density at radius 3 is 2.77 bits per heavy atom. The van der Waals surface area contributed by atoms with Crippen molar-refractivity contribution in [1.82, 2.24) is 4.98 Å². The van der Waals surface area contributed by atoms with E-state index in [0.717, 1.165) is 10.7 Å². The molecule has 6 heteroatoms. The molecule has 0 fully saturated rings. The zero-order chi connectivity index (χ0) is 9.84. The Labute approximate surface area is 91.1 Å². The van der Waals surface area contributed by atoms with E-state index >= 15 is 0 Å². The van der Waals surface area contributed by atoms with Crippen molar-refractivity contribution in [2.45, 2.75) is 0 Å². The zero-order valence-corrected chi connectivity index (χ0v) is 9.45. The molecule has 0 saturated carbocycles. The summed E-state index contributed by atoms with van der Waals surface area (Å²) in [6, 6.07) is 1.77. The average Bonchev–Trinajstić information content (AvgIpc) is 2.02. The fourth-order valence-electron chi connectivity index (χ4n) is 0.679. The molecule has 0 bridgehead atoms. The van der Waals surface area contributed by atoms with Gasteiger partial charge >= 0.3 is 0 Å². The Balaban J connectivity index is 2.96. The first-order valence-corrected chi connectivity index (χ1v) is 4.81. The molecular formula is C7H4Br2N2O2. The van der Waals surface area contributed by atoms with E-state index in [2.05, 4.69) is 36.8 Å². The summed E-state index contributed by atoms with van der Waals surface area (Å²) in [4.78, 5) is 13.5. The van der Waals surface area contributed by atoms with Gasteiger partial charge in [-0.25, -0.2) is 0 Å². The monoisotopic (exact) mass is 306 g/mol. The van der Waals surface area contributed by atoms with Crippen LogP contribution in [-0.4, -0.2) is 9.91 Å². The highest BCUT2D eigenvalue weighted by Crippen LogP contribution is 2.20. The summed E-state index contributed by atoms with van der Waals surface area (Å²) in [6.45, 7) is 0. The summed E-state index contributed by atoms with van der Waals surface area (Å²) in [5, 5.41) is 10.0. The molecule has 0 unspecified atom stereocenters. The van der Waals surface area contributed by atoms with Crippen LogP contribution in [0.25, 0.3) is 6.08 Å². The fourth-order valence-corrected chi connectivity index (χ4v) is 1.80. The number of halogens is 2. The van der Waals surface area contributed by atoms with Gasteiger partial charge in [-0.2, -0.15) is 0 Å². The van der Waals surface area contributed by atoms with E-state index in [1.165, 1.54) is 6.08 Å². The second kappa shape index (κ2) is 4.48. The maximum atomic E-state index is 10.0. The lowest BCUT2D eigenvalue weighted by atomic mass is 10.3. The van der Waals surface area contributed by atoms with Crippen LogP contribution in [0.4, 0.5) is 0 Å². The fraction of sp³-hybridized carbons (Fsp3) is 0. The van der Waals surface area contributed by atoms with Crippen molar-refractivity contribution in [3.8, 4) is 0 Å². The summed E-state index contributed by atoms with van der Waals surface area (Å²) < 4.78 is 1.53. The molecule has 0 amide bonds. The van der Waals surface area contributed by atoms with Crippen molar-refractivity contribution in [3.05, 3.63) is 43.2 Å². The van der Waals surface area contributed by atoms with Crippen molar-refractivity contribution in [3.63, 3.8) is 0 Å². The van der Waals surface area contributed by atoms with Gasteiger partial charge in [0.25, 0.3) is 0 Å². The predicted molar refractivity (Wildman–Crippen MR) is 55.7 cm³/mol. The van der Waals surface area contributed by atoms with E-state index in [1.807, 2.05) is 0 Å². The normalized spacial score (nSPS) is 10.6. The minimum atomic E-state index is -0.532. The lowest BCUT2D eigenvalue weighted by Gasteiger charge is -1.95. The highest BCUT2D eigenvalue weighted by molar-refractivity contribution is 9.11. The van der Waals surface area contributed by atoms with Gasteiger partial charge in [-0.1, -0.05) is 0 Å². The summed E-state index contributed by atoms with van der Waals surface area (Å²) in [6.07, 6.45) is 3.75. The van der Waals surface area contributed by atoms with E-state index in [4.69, 9.17) is 0 Å². The minimum absolute atomic E-state index is 0.528. The van der Waals surface area contributed by atoms with E-state index in [1.54, 1.807) is 12.3 Å². The number of nitrogens with zero attached hydrogens (tertiary/aromatic N) is 2. The first-order valence-electron chi connectivity index (χ1n) is 3.22. The summed E-state index contributed by atoms with van der Waals surface area (Å²) in [5.74, 6) is 0. The molecule has 1 aromatic rings. The molecule has 1 aromatic heterocycles. The lowest BCUT2D eigenvalue weighted by Crippen LogP contribution is -1.86. The Bertz CT molecular complexity index is 366. The predicted octanol–water partition coefficient (Wildman–Crippen LogP) is 2.85. The number of aromatic nitrogens is 1. The Morgan fingerprint density at radius 1 is 1.54 bits per heavy atom. The second-order valence-corrected chi connectivity index (χ2v) is 3.89. The lowest BCUT2D eigenvalue weighted by molar-refractivity contribution is -0.401. The summed E-state index contributed by atoms with van der Waals surface area (Å²) in [7, 11) is 0. The Morgan fingerprint density at radius 2 is 2.23 bits per heavy atom. The van der Waals surface area contributed by atoms with Crippen molar-refractivity contribution >= 4 is 37.9 Å². The van der Waals surface area contributed by atoms with Crippen molar-refractivity contribution in [2.75, 3.05) is 0 Å². The molecule has 1 heterocycles. The molecule has 4 nitrogen and oxygen atoms in total. The smallest absolute Gasteiger partial charge is 0.236 e. The van der Waals surface area contributed by atoms with Crippen LogP contribution >= 0.6 is 31.9 Å². The number of rotatable bonds is 2. The van der Waals surface area contributed by atoms with Crippen LogP contribution in [0.1, 0.15) is 5.69 Å². The van der Waals surface area contributed by atoms with E-state index in [0.29, 0.717) is 10.2 Å². The third kappa shape index (κ3) is 3.23. The Hall–Kier alpha value is -0.750. The number of pyridine rings is 1. The largest absolute Gasteiger partial charge is 0.259 e. The van der Waals surface area contributed by atoms with Crippen LogP contribution in [0.5, 0.6) is 0 Å². The molecule has 0 aliphatic carbocycles. The third-order valence-corrected chi connectivity index (χ3v) is 2.26. The van der Waals surface area contributed by atoms with Crippen LogP contribution in [0, 0.1) is 10.1 Å². The van der Waals surface area contributed by atoms with Gasteiger partial charge in [0.15, 0.2) is 0 Å². The minimum Gasteiger partial charge on any atom is -0.259 e. The zero-order valence-electron chi connectivity index (χ0n) is 6.28. The molecule has 68 valence electrons. The van der Waals surface area contributed by atoms with Crippen molar-refractivity contribution in [2.24, 2.45) is 0 Å². The Kier molecular flexibility index (Phi) is 3.56. The standard InChI is InChI=1S/C7H4Br2N2O2/c8-5-3-6(9)7(10-4-5)1-2-11(12)13/h1-4H/b2-1+. The number of nitro groups is 1. The van der Waals surface area contributed by atoms with Gasteiger partial charge in [-0.3, -0.25) is 15.1 Å². The molecule has 0 radical (unpaired) electrons. The summed E-state index contributed by atoms with van der Waals surface area (Å²) in [5.41, 5.74) is 0.528. The van der Waals surface area contributed by atoms with Crippen LogP contribution in [0.3, 0.4) is 0 Å². The van der Waals surface area contributed by atoms with E-state index < -0.39 is 4.92 Å². The maximum Gasteiger partial charge on any atom is 0.236 e. The average molecular weight is 308 g/mol. The molecule has 0 aliphatic heterocycles. The number of hydrogen-bond acceptors (Lipinski definition) is 3. The first-order chi connectivity index (χ1) is 6.09. The molecule has 0 aromatic carbocycles. The highest BCUT2D eigenvalue weighted by atomic mass is 79.9. The van der Waals surface area contributed by atoms with Crippen molar-refractivity contribution in [1.29, 1.82) is 0 Å². The van der Waals surface area contributed by atoms with Crippen LogP contribution < -0.4 is 0 Å². The van der Waals surface area contributed by atoms with E-state index in [-0.39, 0.29) is 0 Å². The first kappa shape index (κ1) is 10.3. The SMILES string of the molecule is O=[N+]([O-])/C=C/c1ncc(Br)cc1Br. The molecule has 0 saturated heterocycles. The molecule has 13 heavy (non-hydrogen) atoms. The van der Waals surface area contributed by atoms with Gasteiger partial charge in [-0.05, 0) is 37.9 Å². The second-order valence-electron chi connectivity index (χ2n) is 2.12. The highest BCUT2D eigenvalue weighted by Gasteiger charge is 1.99. The van der Waals surface area contributed by atoms with Gasteiger partial charge in [-0.15, -0.1) is 0 Å². The van der Waals surface area contributed by atoms with Crippen molar-refractivity contribution < 1.29 is 4.92 Å². The van der Waals surface area contributed by atoms with Gasteiger partial charge in [0.2, 0.25) is 6.20 Å². The summed E-state index contributed by atoms with van der Waals surface area (Å²) >= 11 is 6.46.